The van der Waals surface area contributed by atoms with E-state index in [4.69, 9.17) is 5.73 Å². The predicted octanol–water partition coefficient (Wildman–Crippen LogP) is 1.72. The Hall–Kier alpha value is -0.450. The Morgan fingerprint density at radius 3 is 2.67 bits per heavy atom. The molecule has 0 radical (unpaired) electrons. The molecule has 0 aromatic carbocycles. The van der Waals surface area contributed by atoms with Crippen LogP contribution in [0, 0.1) is 6.92 Å². The molecule has 84 valence electrons. The Kier molecular flexibility index (Phi) is 3.09. The van der Waals surface area contributed by atoms with Crippen molar-refractivity contribution in [2.75, 3.05) is 19.6 Å². The second kappa shape index (κ2) is 4.20. The van der Waals surface area contributed by atoms with Gasteiger partial charge in [-0.15, -0.1) is 11.3 Å². The molecule has 1 aliphatic heterocycles. The van der Waals surface area contributed by atoms with E-state index in [1.165, 1.54) is 0 Å². The van der Waals surface area contributed by atoms with Gasteiger partial charge in [-0.2, -0.15) is 0 Å². The van der Waals surface area contributed by atoms with Crippen molar-refractivity contribution in [2.45, 2.75) is 32.2 Å². The predicted molar refractivity (Wildman–Crippen MR) is 64.1 cm³/mol. The molecule has 1 saturated heterocycles. The summed E-state index contributed by atoms with van der Waals surface area (Å²) in [4.78, 5) is 6.98. The zero-order chi connectivity index (χ0) is 10.9. The third-order valence-electron chi connectivity index (χ3n) is 3.24. The summed E-state index contributed by atoms with van der Waals surface area (Å²) < 4.78 is 0. The molecule has 1 aliphatic rings. The highest BCUT2D eigenvalue weighted by Crippen LogP contribution is 2.32. The number of hydrogen-bond donors (Lipinski definition) is 1. The Morgan fingerprint density at radius 1 is 1.53 bits per heavy atom. The molecule has 0 spiro atoms. The first-order valence-corrected chi connectivity index (χ1v) is 6.46. The fraction of sp³-hybridized carbons (Fsp3) is 0.727. The Bertz CT molecular complexity index is 326. The fourth-order valence-corrected chi connectivity index (χ4v) is 3.04. The minimum absolute atomic E-state index is 0.162. The van der Waals surface area contributed by atoms with Gasteiger partial charge in [0.1, 0.15) is 5.01 Å². The van der Waals surface area contributed by atoms with E-state index in [0.29, 0.717) is 0 Å². The molecule has 2 heterocycles. The second-order valence-corrected chi connectivity index (χ2v) is 5.24. The van der Waals surface area contributed by atoms with E-state index in [1.807, 2.05) is 6.92 Å². The van der Waals surface area contributed by atoms with Gasteiger partial charge in [0.15, 0.2) is 0 Å². The molecule has 0 bridgehead atoms. The summed E-state index contributed by atoms with van der Waals surface area (Å²) in [6.07, 6.45) is 2.07. The lowest BCUT2D eigenvalue weighted by Crippen LogP contribution is -2.48. The molecule has 1 aromatic rings. The van der Waals surface area contributed by atoms with Crippen LogP contribution in [0.2, 0.25) is 0 Å². The Labute approximate surface area is 95.3 Å². The standard InChI is InChI=1S/C11H19N3S/c1-3-14-6-4-11(12,5-7-14)10-13-9(2)8-15-10/h8H,3-7,12H2,1-2H3. The molecule has 0 amide bonds. The summed E-state index contributed by atoms with van der Waals surface area (Å²) in [5, 5.41) is 3.21. The maximum absolute atomic E-state index is 6.43. The van der Waals surface area contributed by atoms with Crippen LogP contribution in [0.15, 0.2) is 5.38 Å². The van der Waals surface area contributed by atoms with E-state index in [0.717, 1.165) is 43.2 Å². The molecule has 0 unspecified atom stereocenters. The maximum Gasteiger partial charge on any atom is 0.113 e. The van der Waals surface area contributed by atoms with Gasteiger partial charge in [-0.25, -0.2) is 4.98 Å². The van der Waals surface area contributed by atoms with E-state index in [9.17, 15) is 0 Å². The van der Waals surface area contributed by atoms with Gasteiger partial charge in [-0.3, -0.25) is 0 Å². The highest BCUT2D eigenvalue weighted by Gasteiger charge is 2.34. The highest BCUT2D eigenvalue weighted by atomic mass is 32.1. The SMILES string of the molecule is CCN1CCC(N)(c2nc(C)cs2)CC1. The van der Waals surface area contributed by atoms with Gasteiger partial charge < -0.3 is 10.6 Å². The topological polar surface area (TPSA) is 42.1 Å². The third kappa shape index (κ3) is 2.22. The molecule has 1 fully saturated rings. The van der Waals surface area contributed by atoms with Crippen molar-refractivity contribution >= 4 is 11.3 Å². The molecule has 0 saturated carbocycles. The van der Waals surface area contributed by atoms with Gasteiger partial charge in [0.05, 0.1) is 5.54 Å². The van der Waals surface area contributed by atoms with E-state index >= 15 is 0 Å². The number of hydrogen-bond acceptors (Lipinski definition) is 4. The molecule has 0 atom stereocenters. The van der Waals surface area contributed by atoms with Gasteiger partial charge in [0.25, 0.3) is 0 Å². The Morgan fingerprint density at radius 2 is 2.20 bits per heavy atom. The van der Waals surface area contributed by atoms with Crippen LogP contribution < -0.4 is 5.73 Å². The normalized spacial score (nSPS) is 21.8. The molecule has 2 rings (SSSR count). The second-order valence-electron chi connectivity index (χ2n) is 4.38. The van der Waals surface area contributed by atoms with Crippen LogP contribution in [0.1, 0.15) is 30.5 Å². The van der Waals surface area contributed by atoms with E-state index < -0.39 is 0 Å². The average Bonchev–Trinajstić information content (AvgIpc) is 2.67. The van der Waals surface area contributed by atoms with Crippen molar-refractivity contribution in [3.8, 4) is 0 Å². The summed E-state index contributed by atoms with van der Waals surface area (Å²) in [5.74, 6) is 0. The van der Waals surface area contributed by atoms with Crippen LogP contribution >= 0.6 is 11.3 Å². The number of nitrogens with zero attached hydrogens (tertiary/aromatic N) is 2. The first-order valence-electron chi connectivity index (χ1n) is 5.58. The fourth-order valence-electron chi connectivity index (χ4n) is 2.06. The molecular formula is C11H19N3S. The summed E-state index contributed by atoms with van der Waals surface area (Å²) in [6.45, 7) is 7.58. The highest BCUT2D eigenvalue weighted by molar-refractivity contribution is 7.09. The van der Waals surface area contributed by atoms with Crippen molar-refractivity contribution in [1.29, 1.82) is 0 Å². The summed E-state index contributed by atoms with van der Waals surface area (Å²) >= 11 is 1.71. The molecule has 0 aliphatic carbocycles. The number of nitrogens with two attached hydrogens (primary N) is 1. The number of piperidine rings is 1. The van der Waals surface area contributed by atoms with Gasteiger partial charge in [-0.1, -0.05) is 6.92 Å². The number of thiazole rings is 1. The van der Waals surface area contributed by atoms with Crippen molar-refractivity contribution < 1.29 is 0 Å². The number of aryl methyl sites for hydroxylation is 1. The van der Waals surface area contributed by atoms with E-state index in [2.05, 4.69) is 22.2 Å². The minimum atomic E-state index is -0.162. The minimum Gasteiger partial charge on any atom is -0.319 e. The smallest absolute Gasteiger partial charge is 0.113 e. The van der Waals surface area contributed by atoms with Crippen molar-refractivity contribution in [3.05, 3.63) is 16.1 Å². The van der Waals surface area contributed by atoms with Crippen molar-refractivity contribution in [1.82, 2.24) is 9.88 Å². The number of likely N-dealkylation sites (tertiary alicyclic amines) is 1. The summed E-state index contributed by atoms with van der Waals surface area (Å²) in [5.41, 5.74) is 7.36. The number of rotatable bonds is 2. The van der Waals surface area contributed by atoms with Gasteiger partial charge in [-0.05, 0) is 26.3 Å². The maximum atomic E-state index is 6.43. The van der Waals surface area contributed by atoms with Crippen LogP contribution in [0.4, 0.5) is 0 Å². The number of aromatic nitrogens is 1. The third-order valence-corrected chi connectivity index (χ3v) is 4.42. The molecule has 3 nitrogen and oxygen atoms in total. The van der Waals surface area contributed by atoms with Crippen molar-refractivity contribution in [2.24, 2.45) is 5.73 Å². The lowest BCUT2D eigenvalue weighted by molar-refractivity contribution is 0.168. The van der Waals surface area contributed by atoms with Gasteiger partial charge in [0, 0.05) is 24.2 Å². The quantitative estimate of drug-likeness (QED) is 0.833. The first-order chi connectivity index (χ1) is 7.14. The lowest BCUT2D eigenvalue weighted by Gasteiger charge is -2.37. The van der Waals surface area contributed by atoms with Crippen LogP contribution in [-0.4, -0.2) is 29.5 Å². The largest absolute Gasteiger partial charge is 0.319 e. The summed E-state index contributed by atoms with van der Waals surface area (Å²) in [7, 11) is 0. The van der Waals surface area contributed by atoms with Crippen molar-refractivity contribution in [3.63, 3.8) is 0 Å². The van der Waals surface area contributed by atoms with E-state index in [-0.39, 0.29) is 5.54 Å². The van der Waals surface area contributed by atoms with Crippen LogP contribution in [-0.2, 0) is 5.54 Å². The van der Waals surface area contributed by atoms with Crippen LogP contribution in [0.5, 0.6) is 0 Å². The zero-order valence-electron chi connectivity index (χ0n) is 9.49. The average molecular weight is 225 g/mol. The molecule has 4 heteroatoms. The molecule has 2 N–H and O–H groups in total. The Balaban J connectivity index is 2.09. The molecular weight excluding hydrogens is 206 g/mol. The lowest BCUT2D eigenvalue weighted by atomic mass is 9.89. The van der Waals surface area contributed by atoms with Gasteiger partial charge >= 0.3 is 0 Å². The first kappa shape index (κ1) is 11.0. The van der Waals surface area contributed by atoms with Crippen LogP contribution in [0.25, 0.3) is 0 Å². The molecule has 15 heavy (non-hydrogen) atoms. The molecule has 1 aromatic heterocycles. The van der Waals surface area contributed by atoms with Crippen LogP contribution in [0.3, 0.4) is 0 Å². The summed E-state index contributed by atoms with van der Waals surface area (Å²) in [6, 6.07) is 0. The van der Waals surface area contributed by atoms with Gasteiger partial charge in [0.2, 0.25) is 0 Å². The van der Waals surface area contributed by atoms with E-state index in [1.54, 1.807) is 11.3 Å². The zero-order valence-corrected chi connectivity index (χ0v) is 10.3. The monoisotopic (exact) mass is 225 g/mol.